The topological polar surface area (TPSA) is 32.8 Å². The standard InChI is InChI=1S/C12H21ClN2O2/c13-9-12(16)15-4-2-1-3-11(15)10-14-5-7-17-8-6-14/h11H,1-10H2. The van der Waals surface area contributed by atoms with Gasteiger partial charge in [0, 0.05) is 32.2 Å². The SMILES string of the molecule is O=C(CCl)N1CCCCC1CN1CCOCC1. The third-order valence-corrected chi connectivity index (χ3v) is 3.86. The average Bonchev–Trinajstić information content (AvgIpc) is 2.40. The van der Waals surface area contributed by atoms with Gasteiger partial charge in [-0.15, -0.1) is 11.6 Å². The van der Waals surface area contributed by atoms with Gasteiger partial charge in [0.2, 0.25) is 5.91 Å². The molecule has 4 nitrogen and oxygen atoms in total. The fourth-order valence-corrected chi connectivity index (χ4v) is 2.83. The van der Waals surface area contributed by atoms with Crippen molar-refractivity contribution in [2.24, 2.45) is 0 Å². The van der Waals surface area contributed by atoms with Gasteiger partial charge in [-0.05, 0) is 19.3 Å². The van der Waals surface area contributed by atoms with E-state index in [1.54, 1.807) is 0 Å². The van der Waals surface area contributed by atoms with Gasteiger partial charge in [-0.2, -0.15) is 0 Å². The Morgan fingerprint density at radius 1 is 1.24 bits per heavy atom. The zero-order valence-electron chi connectivity index (χ0n) is 10.2. The Bertz CT molecular complexity index is 257. The summed E-state index contributed by atoms with van der Waals surface area (Å²) in [7, 11) is 0. The molecule has 0 aromatic carbocycles. The highest BCUT2D eigenvalue weighted by molar-refractivity contribution is 6.27. The van der Waals surface area contributed by atoms with Crippen LogP contribution in [-0.4, -0.2) is 67.0 Å². The van der Waals surface area contributed by atoms with Gasteiger partial charge in [0.15, 0.2) is 0 Å². The second-order valence-electron chi connectivity index (χ2n) is 4.78. The number of ether oxygens (including phenoxy) is 1. The van der Waals surface area contributed by atoms with Crippen LogP contribution in [0.25, 0.3) is 0 Å². The first-order valence-corrected chi connectivity index (χ1v) is 7.00. The lowest BCUT2D eigenvalue weighted by Crippen LogP contribution is -2.51. The molecule has 17 heavy (non-hydrogen) atoms. The molecule has 0 spiro atoms. The first kappa shape index (κ1) is 13.1. The first-order valence-electron chi connectivity index (χ1n) is 6.47. The highest BCUT2D eigenvalue weighted by Gasteiger charge is 2.28. The zero-order valence-corrected chi connectivity index (χ0v) is 11.0. The van der Waals surface area contributed by atoms with Crippen molar-refractivity contribution < 1.29 is 9.53 Å². The number of amides is 1. The third kappa shape index (κ3) is 3.57. The fraction of sp³-hybridized carbons (Fsp3) is 0.917. The van der Waals surface area contributed by atoms with E-state index in [1.165, 1.54) is 6.42 Å². The van der Waals surface area contributed by atoms with Gasteiger partial charge in [-0.25, -0.2) is 0 Å². The molecule has 0 saturated carbocycles. The van der Waals surface area contributed by atoms with Crippen molar-refractivity contribution in [2.75, 3.05) is 45.3 Å². The van der Waals surface area contributed by atoms with Crippen LogP contribution >= 0.6 is 11.6 Å². The Morgan fingerprint density at radius 2 is 2.00 bits per heavy atom. The molecule has 2 heterocycles. The number of carbonyl (C=O) groups excluding carboxylic acids is 1. The monoisotopic (exact) mass is 260 g/mol. The van der Waals surface area contributed by atoms with E-state index in [4.69, 9.17) is 16.3 Å². The highest BCUT2D eigenvalue weighted by Crippen LogP contribution is 2.19. The normalized spacial score (nSPS) is 27.1. The number of likely N-dealkylation sites (tertiary alicyclic amines) is 1. The van der Waals surface area contributed by atoms with Gasteiger partial charge in [-0.3, -0.25) is 9.69 Å². The van der Waals surface area contributed by atoms with E-state index in [0.717, 1.165) is 52.2 Å². The second-order valence-corrected chi connectivity index (χ2v) is 5.05. The summed E-state index contributed by atoms with van der Waals surface area (Å²) in [4.78, 5) is 16.1. The summed E-state index contributed by atoms with van der Waals surface area (Å²) >= 11 is 5.67. The van der Waals surface area contributed by atoms with Crippen molar-refractivity contribution in [3.63, 3.8) is 0 Å². The van der Waals surface area contributed by atoms with Gasteiger partial charge in [0.25, 0.3) is 0 Å². The molecule has 1 atom stereocenters. The van der Waals surface area contributed by atoms with Crippen molar-refractivity contribution >= 4 is 17.5 Å². The number of piperidine rings is 1. The molecule has 1 amide bonds. The number of halogens is 1. The molecule has 0 bridgehead atoms. The molecule has 2 aliphatic heterocycles. The Balaban J connectivity index is 1.88. The largest absolute Gasteiger partial charge is 0.379 e. The molecule has 0 aromatic rings. The van der Waals surface area contributed by atoms with Gasteiger partial charge >= 0.3 is 0 Å². The number of carbonyl (C=O) groups is 1. The predicted molar refractivity (Wildman–Crippen MR) is 67.3 cm³/mol. The van der Waals surface area contributed by atoms with Crippen LogP contribution in [0.1, 0.15) is 19.3 Å². The van der Waals surface area contributed by atoms with Gasteiger partial charge < -0.3 is 9.64 Å². The number of hydrogen-bond acceptors (Lipinski definition) is 3. The lowest BCUT2D eigenvalue weighted by Gasteiger charge is -2.39. The summed E-state index contributed by atoms with van der Waals surface area (Å²) in [6, 6.07) is 0.355. The smallest absolute Gasteiger partial charge is 0.237 e. The molecular formula is C12H21ClN2O2. The lowest BCUT2D eigenvalue weighted by molar-refractivity contribution is -0.132. The van der Waals surface area contributed by atoms with Crippen LogP contribution in [0.3, 0.4) is 0 Å². The molecule has 2 aliphatic rings. The molecule has 2 fully saturated rings. The molecule has 0 aromatic heterocycles. The van der Waals surface area contributed by atoms with Crippen LogP contribution in [0, 0.1) is 0 Å². The number of morpholine rings is 1. The van der Waals surface area contributed by atoms with Crippen LogP contribution in [0.4, 0.5) is 0 Å². The maximum absolute atomic E-state index is 11.8. The van der Waals surface area contributed by atoms with Crippen molar-refractivity contribution in [2.45, 2.75) is 25.3 Å². The van der Waals surface area contributed by atoms with Crippen LogP contribution < -0.4 is 0 Å². The third-order valence-electron chi connectivity index (χ3n) is 3.63. The van der Waals surface area contributed by atoms with E-state index >= 15 is 0 Å². The molecular weight excluding hydrogens is 240 g/mol. The average molecular weight is 261 g/mol. The van der Waals surface area contributed by atoms with E-state index in [9.17, 15) is 4.79 Å². The second kappa shape index (κ2) is 6.57. The quantitative estimate of drug-likeness (QED) is 0.708. The van der Waals surface area contributed by atoms with Crippen molar-refractivity contribution in [1.29, 1.82) is 0 Å². The van der Waals surface area contributed by atoms with E-state index in [0.29, 0.717) is 6.04 Å². The summed E-state index contributed by atoms with van der Waals surface area (Å²) in [6.45, 7) is 5.46. The highest BCUT2D eigenvalue weighted by atomic mass is 35.5. The number of alkyl halides is 1. The summed E-state index contributed by atoms with van der Waals surface area (Å²) < 4.78 is 5.34. The minimum absolute atomic E-state index is 0.0876. The Morgan fingerprint density at radius 3 is 2.71 bits per heavy atom. The molecule has 0 N–H and O–H groups in total. The van der Waals surface area contributed by atoms with Crippen LogP contribution in [0.5, 0.6) is 0 Å². The Labute approximate surface area is 108 Å². The van der Waals surface area contributed by atoms with Crippen molar-refractivity contribution in [3.8, 4) is 0 Å². The maximum Gasteiger partial charge on any atom is 0.237 e. The first-order chi connectivity index (χ1) is 8.31. The maximum atomic E-state index is 11.8. The molecule has 2 saturated heterocycles. The minimum atomic E-state index is 0.0876. The fourth-order valence-electron chi connectivity index (χ4n) is 2.68. The lowest BCUT2D eigenvalue weighted by atomic mass is 10.0. The number of rotatable bonds is 3. The van der Waals surface area contributed by atoms with E-state index < -0.39 is 0 Å². The van der Waals surface area contributed by atoms with Gasteiger partial charge in [-0.1, -0.05) is 0 Å². The summed E-state index contributed by atoms with van der Waals surface area (Å²) in [5.41, 5.74) is 0. The van der Waals surface area contributed by atoms with E-state index in [1.807, 2.05) is 4.90 Å². The van der Waals surface area contributed by atoms with Crippen LogP contribution in [0.2, 0.25) is 0 Å². The van der Waals surface area contributed by atoms with Crippen LogP contribution in [0.15, 0.2) is 0 Å². The number of hydrogen-bond donors (Lipinski definition) is 0. The minimum Gasteiger partial charge on any atom is -0.379 e. The Kier molecular flexibility index (Phi) is 5.07. The molecule has 98 valence electrons. The number of nitrogens with zero attached hydrogens (tertiary/aromatic N) is 2. The molecule has 2 rings (SSSR count). The summed E-state index contributed by atoms with van der Waals surface area (Å²) in [5, 5.41) is 0. The van der Waals surface area contributed by atoms with Crippen molar-refractivity contribution in [3.05, 3.63) is 0 Å². The zero-order chi connectivity index (χ0) is 12.1. The molecule has 5 heteroatoms. The summed E-state index contributed by atoms with van der Waals surface area (Å²) in [5.74, 6) is 0.198. The van der Waals surface area contributed by atoms with Crippen LogP contribution in [-0.2, 0) is 9.53 Å². The van der Waals surface area contributed by atoms with E-state index in [-0.39, 0.29) is 11.8 Å². The molecule has 0 radical (unpaired) electrons. The van der Waals surface area contributed by atoms with Gasteiger partial charge in [0.05, 0.1) is 13.2 Å². The molecule has 0 aliphatic carbocycles. The Hall–Kier alpha value is -0.320. The molecule has 1 unspecified atom stereocenters. The van der Waals surface area contributed by atoms with E-state index in [2.05, 4.69) is 4.90 Å². The van der Waals surface area contributed by atoms with Gasteiger partial charge in [0.1, 0.15) is 5.88 Å². The summed E-state index contributed by atoms with van der Waals surface area (Å²) in [6.07, 6.45) is 3.45. The van der Waals surface area contributed by atoms with Crippen molar-refractivity contribution in [1.82, 2.24) is 9.80 Å². The predicted octanol–water partition coefficient (Wildman–Crippen LogP) is 0.939.